The number of pyridine rings is 2. The molecule has 2 aromatic carbocycles. The van der Waals surface area contributed by atoms with E-state index in [1.165, 1.54) is 16.3 Å². The monoisotopic (exact) mass is 721 g/mol. The molecule has 6 aromatic rings. The van der Waals surface area contributed by atoms with Crippen molar-refractivity contribution < 1.29 is 21.1 Å². The van der Waals surface area contributed by atoms with Crippen molar-refractivity contribution in [1.82, 2.24) is 30.4 Å². The van der Waals surface area contributed by atoms with E-state index >= 15 is 0 Å². The Bertz CT molecular complexity index is 1740. The minimum Gasteiger partial charge on any atom is -0.573 e. The van der Waals surface area contributed by atoms with Crippen molar-refractivity contribution in [3.05, 3.63) is 96.1 Å². The second kappa shape index (κ2) is 11.3. The first-order valence-corrected chi connectivity index (χ1v) is 13.9. The van der Waals surface area contributed by atoms with Gasteiger partial charge in [0.1, 0.15) is 0 Å². The van der Waals surface area contributed by atoms with E-state index in [4.69, 9.17) is 4.98 Å². The van der Waals surface area contributed by atoms with Crippen LogP contribution in [0.5, 0.6) is 0 Å². The molecule has 0 atom stereocenters. The van der Waals surface area contributed by atoms with Crippen molar-refractivity contribution in [2.75, 3.05) is 0 Å². The van der Waals surface area contributed by atoms with Gasteiger partial charge < -0.3 is 20.4 Å². The van der Waals surface area contributed by atoms with Crippen LogP contribution >= 0.6 is 0 Å². The Morgan fingerprint density at radius 3 is 2.29 bits per heavy atom. The summed E-state index contributed by atoms with van der Waals surface area (Å²) in [6.07, 6.45) is 6.99. The molecule has 0 bridgehead atoms. The van der Waals surface area contributed by atoms with Gasteiger partial charge in [0.25, 0.3) is 0 Å². The Morgan fingerprint density at radius 1 is 0.829 bits per heavy atom. The van der Waals surface area contributed by atoms with Crippen LogP contribution in [0.15, 0.2) is 79.1 Å². The maximum absolute atomic E-state index is 5.06. The van der Waals surface area contributed by atoms with Crippen molar-refractivity contribution in [3.63, 3.8) is 0 Å². The summed E-state index contributed by atoms with van der Waals surface area (Å²) in [7, 11) is 0. The summed E-state index contributed by atoms with van der Waals surface area (Å²) in [5.41, 5.74) is 6.83. The summed E-state index contributed by atoms with van der Waals surface area (Å²) in [4.78, 5) is 9.07. The molecule has 0 saturated carbocycles. The van der Waals surface area contributed by atoms with Gasteiger partial charge in [-0.1, -0.05) is 101 Å². The van der Waals surface area contributed by atoms with E-state index < -0.39 is 0 Å². The minimum absolute atomic E-state index is 0. The topological polar surface area (TPSA) is 79.8 Å². The van der Waals surface area contributed by atoms with Gasteiger partial charge >= 0.3 is 21.1 Å². The van der Waals surface area contributed by atoms with E-state index in [1.807, 2.05) is 36.7 Å². The second-order valence-corrected chi connectivity index (χ2v) is 12.3. The molecule has 4 heterocycles. The normalized spacial score (nSPS) is 14.2. The quantitative estimate of drug-likeness (QED) is 0.185. The molecular weight excluding hydrogens is 687 g/mol. The zero-order valence-corrected chi connectivity index (χ0v) is 26.4. The predicted molar refractivity (Wildman–Crippen MR) is 161 cm³/mol. The third-order valence-corrected chi connectivity index (χ3v) is 7.77. The Morgan fingerprint density at radius 2 is 1.56 bits per heavy atom. The Balaban J connectivity index is 0.000000258. The average Bonchev–Trinajstić information content (AvgIpc) is 3.62. The van der Waals surface area contributed by atoms with Gasteiger partial charge in [-0.2, -0.15) is 0 Å². The molecule has 210 valence electrons. The molecule has 0 aliphatic heterocycles. The van der Waals surface area contributed by atoms with Crippen molar-refractivity contribution in [2.45, 2.75) is 64.7 Å². The summed E-state index contributed by atoms with van der Waals surface area (Å²) in [5.74, 6) is 0. The maximum atomic E-state index is 5.06. The van der Waals surface area contributed by atoms with E-state index in [9.17, 15) is 0 Å². The fraction of sp³-hybridized carbons (Fsp3) is 0.294. The first kappa shape index (κ1) is 28.9. The molecule has 0 saturated heterocycles. The van der Waals surface area contributed by atoms with Gasteiger partial charge in [0.2, 0.25) is 0 Å². The van der Waals surface area contributed by atoms with Gasteiger partial charge in [-0.25, -0.2) is 0 Å². The third-order valence-electron chi connectivity index (χ3n) is 7.77. The van der Waals surface area contributed by atoms with Crippen LogP contribution in [-0.4, -0.2) is 20.2 Å². The molecule has 6 nitrogen and oxygen atoms in total. The van der Waals surface area contributed by atoms with Crippen LogP contribution in [0.25, 0.3) is 44.3 Å². The van der Waals surface area contributed by atoms with Gasteiger partial charge in [0.15, 0.2) is 0 Å². The number of rotatable bonds is 2. The molecular formula is C34H34N6Pt. The average molecular weight is 722 g/mol. The molecule has 1 aliphatic carbocycles. The van der Waals surface area contributed by atoms with E-state index in [1.54, 1.807) is 0 Å². The van der Waals surface area contributed by atoms with E-state index in [0.717, 1.165) is 64.2 Å². The molecule has 0 N–H and O–H groups in total. The molecule has 41 heavy (non-hydrogen) atoms. The van der Waals surface area contributed by atoms with E-state index in [-0.39, 0.29) is 31.9 Å². The Labute approximate surface area is 255 Å². The number of hydrogen-bond acceptors (Lipinski definition) is 4. The number of aromatic nitrogens is 6. The third kappa shape index (κ3) is 5.76. The van der Waals surface area contributed by atoms with Gasteiger partial charge in [0.05, 0.1) is 11.4 Å². The molecule has 4 aromatic heterocycles. The number of nitrogens with zero attached hydrogens (tertiary/aromatic N) is 6. The zero-order chi connectivity index (χ0) is 27.9. The predicted octanol–water partition coefficient (Wildman–Crippen LogP) is 7.42. The van der Waals surface area contributed by atoms with Crippen LogP contribution in [0, 0.1) is 0 Å². The van der Waals surface area contributed by atoms with Crippen molar-refractivity contribution in [2.24, 2.45) is 0 Å². The summed E-state index contributed by atoms with van der Waals surface area (Å²) in [6.45, 7) is 11.0. The van der Waals surface area contributed by atoms with Gasteiger partial charge in [-0.15, -0.1) is 0 Å². The summed E-state index contributed by atoms with van der Waals surface area (Å²) >= 11 is 0. The zero-order valence-electron chi connectivity index (χ0n) is 24.1. The van der Waals surface area contributed by atoms with Crippen LogP contribution < -0.4 is 10.2 Å². The van der Waals surface area contributed by atoms with Crippen molar-refractivity contribution in [1.29, 1.82) is 0 Å². The molecule has 0 spiro atoms. The first-order chi connectivity index (χ1) is 19.2. The first-order valence-electron chi connectivity index (χ1n) is 13.9. The summed E-state index contributed by atoms with van der Waals surface area (Å²) in [5, 5.41) is 22.8. The Kier molecular flexibility index (Phi) is 7.98. The van der Waals surface area contributed by atoms with Crippen LogP contribution in [0.1, 0.15) is 64.4 Å². The van der Waals surface area contributed by atoms with E-state index in [2.05, 4.69) is 102 Å². The van der Waals surface area contributed by atoms with Crippen LogP contribution in [0.3, 0.4) is 0 Å². The van der Waals surface area contributed by atoms with Crippen LogP contribution in [0.4, 0.5) is 0 Å². The maximum Gasteiger partial charge on any atom is 2.00 e. The second-order valence-electron chi connectivity index (χ2n) is 12.3. The van der Waals surface area contributed by atoms with Crippen molar-refractivity contribution >= 4 is 21.5 Å². The van der Waals surface area contributed by atoms with Gasteiger partial charge in [0, 0.05) is 40.0 Å². The number of fused-ring (bicyclic) bond motifs is 3. The van der Waals surface area contributed by atoms with E-state index in [0.29, 0.717) is 0 Å². The minimum atomic E-state index is -0.0551. The molecule has 0 unspecified atom stereocenters. The SMILES string of the molecule is CC(C)(C)c1cc(-c2nc(-c3[n-]nc4c3CCCC4(C)C)cc3ccccc23)[n-]n1.[Pt+2].c1ccc2cnccc2c1. The fourth-order valence-electron chi connectivity index (χ4n) is 5.46. The number of benzene rings is 2. The Hall–Kier alpha value is -3.63. The standard InChI is InChI=1S/C25H27N5.C9H7N.Pt/c1-24(2,3)20-14-19(27-28-20)21-16-10-7-6-9-15(16)13-18(26-21)22-17-11-8-12-25(4,5)23(17)30-29-22;1-2-4-9-7-10-6-5-8(9)3-1;/h6-7,9-10,13-14H,8,11-12H2,1-5H3;1-7H;/q-2;;+2. The number of hydrogen-bond donors (Lipinski definition) is 0. The molecule has 0 radical (unpaired) electrons. The van der Waals surface area contributed by atoms with Gasteiger partial charge in [-0.05, 0) is 53.1 Å². The summed E-state index contributed by atoms with van der Waals surface area (Å²) in [6, 6.07) is 22.7. The van der Waals surface area contributed by atoms with Crippen LogP contribution in [0.2, 0.25) is 0 Å². The fourth-order valence-corrected chi connectivity index (χ4v) is 5.46. The molecule has 7 rings (SSSR count). The van der Waals surface area contributed by atoms with Crippen LogP contribution in [-0.2, 0) is 38.3 Å². The van der Waals surface area contributed by atoms with Crippen molar-refractivity contribution in [3.8, 4) is 22.8 Å². The molecule has 0 fully saturated rings. The summed E-state index contributed by atoms with van der Waals surface area (Å²) < 4.78 is 0. The molecule has 0 amide bonds. The smallest absolute Gasteiger partial charge is 0.573 e. The molecule has 7 heteroatoms. The van der Waals surface area contributed by atoms with Gasteiger partial charge in [-0.3, -0.25) is 9.97 Å². The largest absolute Gasteiger partial charge is 2.00 e. The molecule has 1 aliphatic rings.